The quantitative estimate of drug-likeness (QED) is 0.596. The van der Waals surface area contributed by atoms with Gasteiger partial charge in [-0.3, -0.25) is 19.8 Å². The van der Waals surface area contributed by atoms with E-state index in [1.807, 2.05) is 0 Å². The lowest BCUT2D eigenvalue weighted by Crippen LogP contribution is -1.95. The van der Waals surface area contributed by atoms with Crippen molar-refractivity contribution in [1.82, 2.24) is 20.4 Å². The molecule has 2 aromatic heterocycles. The number of H-pyrrole nitrogens is 2. The van der Waals surface area contributed by atoms with E-state index in [0.29, 0.717) is 0 Å². The molecule has 4 N–H and O–H groups in total. The molecule has 0 unspecified atom stereocenters. The number of carbonyl (C=O) groups is 4. The highest BCUT2D eigenvalue weighted by atomic mass is 16.4. The van der Waals surface area contributed by atoms with Crippen molar-refractivity contribution in [2.24, 2.45) is 0 Å². The van der Waals surface area contributed by atoms with Gasteiger partial charge in [0.15, 0.2) is 11.6 Å². The summed E-state index contributed by atoms with van der Waals surface area (Å²) in [4.78, 5) is 41.7. The predicted molar refractivity (Wildman–Crippen MR) is 71.1 cm³/mol. The Hall–Kier alpha value is -3.30. The Labute approximate surface area is 123 Å². The van der Waals surface area contributed by atoms with Gasteiger partial charge in [0.05, 0.1) is 0 Å². The summed E-state index contributed by atoms with van der Waals surface area (Å²) < 4.78 is 0. The van der Waals surface area contributed by atoms with Crippen LogP contribution in [0.3, 0.4) is 0 Å². The smallest absolute Gasteiger partial charge is 0.353 e. The summed E-state index contributed by atoms with van der Waals surface area (Å²) in [5.74, 6) is -2.75. The van der Waals surface area contributed by atoms with E-state index in [1.54, 1.807) is 0 Å². The van der Waals surface area contributed by atoms with Crippen LogP contribution in [-0.2, 0) is 0 Å². The van der Waals surface area contributed by atoms with E-state index in [2.05, 4.69) is 20.4 Å². The summed E-state index contributed by atoms with van der Waals surface area (Å²) in [5.41, 5.74) is 0.134. The third kappa shape index (κ3) is 4.37. The molecule has 116 valence electrons. The molecule has 0 amide bonds. The monoisotopic (exact) mass is 308 g/mol. The Balaban J connectivity index is 0.000000220. The van der Waals surface area contributed by atoms with Crippen LogP contribution in [0, 0.1) is 0 Å². The fourth-order valence-corrected chi connectivity index (χ4v) is 1.22. The molecule has 2 rings (SSSR count). The standard InChI is InChI=1S/2C6H6N2O3/c2*1-3(9)4-2-5(6(10)11)8-7-4/h2*2H,1H3,(H,7,8)(H,10,11). The van der Waals surface area contributed by atoms with Crippen molar-refractivity contribution in [2.75, 3.05) is 0 Å². The van der Waals surface area contributed by atoms with Gasteiger partial charge in [-0.1, -0.05) is 0 Å². The number of carbonyl (C=O) groups excluding carboxylic acids is 2. The number of aromatic amines is 2. The van der Waals surface area contributed by atoms with Crippen LogP contribution in [0.5, 0.6) is 0 Å². The number of Topliss-reactive ketones (excluding diaryl/α,β-unsaturated/α-hetero) is 2. The Morgan fingerprint density at radius 2 is 1.14 bits per heavy atom. The van der Waals surface area contributed by atoms with E-state index in [9.17, 15) is 19.2 Å². The number of aromatic carboxylic acids is 2. The van der Waals surface area contributed by atoms with E-state index in [1.165, 1.54) is 26.0 Å². The van der Waals surface area contributed by atoms with Gasteiger partial charge in [0.1, 0.15) is 22.8 Å². The number of aromatic nitrogens is 4. The van der Waals surface area contributed by atoms with E-state index in [0.717, 1.165) is 0 Å². The van der Waals surface area contributed by atoms with E-state index >= 15 is 0 Å². The summed E-state index contributed by atoms with van der Waals surface area (Å²) in [6.07, 6.45) is 0. The Morgan fingerprint density at radius 1 is 0.818 bits per heavy atom. The first-order valence-electron chi connectivity index (χ1n) is 5.81. The molecule has 0 saturated heterocycles. The van der Waals surface area contributed by atoms with Crippen molar-refractivity contribution in [3.63, 3.8) is 0 Å². The molecular weight excluding hydrogens is 296 g/mol. The molecule has 0 aliphatic rings. The Morgan fingerprint density at radius 3 is 1.27 bits per heavy atom. The summed E-state index contributed by atoms with van der Waals surface area (Å²) in [6.45, 7) is 2.64. The number of hydrogen-bond acceptors (Lipinski definition) is 6. The second-order valence-electron chi connectivity index (χ2n) is 4.06. The molecule has 0 fully saturated rings. The molecule has 2 heterocycles. The highest BCUT2D eigenvalue weighted by molar-refractivity contribution is 5.95. The summed E-state index contributed by atoms with van der Waals surface area (Å²) >= 11 is 0. The minimum Gasteiger partial charge on any atom is -0.477 e. The van der Waals surface area contributed by atoms with E-state index < -0.39 is 11.9 Å². The zero-order valence-electron chi connectivity index (χ0n) is 11.6. The molecule has 0 atom stereocenters. The van der Waals surface area contributed by atoms with Gasteiger partial charge in [-0.05, 0) is 0 Å². The first-order valence-corrected chi connectivity index (χ1v) is 5.81. The zero-order valence-corrected chi connectivity index (χ0v) is 11.6. The molecule has 2 aromatic rings. The van der Waals surface area contributed by atoms with Gasteiger partial charge in [-0.25, -0.2) is 9.59 Å². The van der Waals surface area contributed by atoms with Crippen molar-refractivity contribution >= 4 is 23.5 Å². The number of hydrogen-bond donors (Lipinski definition) is 4. The van der Waals surface area contributed by atoms with E-state index in [-0.39, 0.29) is 34.3 Å². The van der Waals surface area contributed by atoms with Gasteiger partial charge in [0.25, 0.3) is 0 Å². The van der Waals surface area contributed by atoms with Gasteiger partial charge in [0, 0.05) is 26.0 Å². The lowest BCUT2D eigenvalue weighted by atomic mass is 10.3. The SMILES string of the molecule is CC(=O)c1cc(C(=O)O)[nH]n1.CC(=O)c1cc(C(=O)O)[nH]n1. The van der Waals surface area contributed by atoms with Crippen LogP contribution in [0.4, 0.5) is 0 Å². The second-order valence-corrected chi connectivity index (χ2v) is 4.06. The fourth-order valence-electron chi connectivity index (χ4n) is 1.22. The summed E-state index contributed by atoms with van der Waals surface area (Å²) in [6, 6.07) is 2.40. The molecule has 22 heavy (non-hydrogen) atoms. The third-order valence-corrected chi connectivity index (χ3v) is 2.34. The van der Waals surface area contributed by atoms with Gasteiger partial charge in [0.2, 0.25) is 0 Å². The van der Waals surface area contributed by atoms with Crippen LogP contribution in [-0.4, -0.2) is 54.1 Å². The molecule has 0 radical (unpaired) electrons. The van der Waals surface area contributed by atoms with Crippen LogP contribution in [0.25, 0.3) is 0 Å². The Bertz CT molecular complexity index is 610. The van der Waals surface area contributed by atoms with E-state index in [4.69, 9.17) is 10.2 Å². The second kappa shape index (κ2) is 6.92. The molecule has 10 nitrogen and oxygen atoms in total. The molecule has 0 bridgehead atoms. The van der Waals surface area contributed by atoms with Crippen LogP contribution in [0.15, 0.2) is 12.1 Å². The first-order chi connectivity index (χ1) is 10.2. The highest BCUT2D eigenvalue weighted by Gasteiger charge is 2.10. The minimum atomic E-state index is -1.12. The van der Waals surface area contributed by atoms with Crippen molar-refractivity contribution in [3.8, 4) is 0 Å². The van der Waals surface area contributed by atoms with Crippen molar-refractivity contribution in [2.45, 2.75) is 13.8 Å². The number of ketones is 2. The molecule has 0 aliphatic carbocycles. The number of carboxylic acids is 2. The van der Waals surface area contributed by atoms with Crippen LogP contribution in [0.2, 0.25) is 0 Å². The molecule has 0 spiro atoms. The predicted octanol–water partition coefficient (Wildman–Crippen LogP) is 0.621. The molecular formula is C12H12N4O6. The summed E-state index contributed by atoms with van der Waals surface area (Å²) in [5, 5.41) is 28.2. The van der Waals surface area contributed by atoms with Crippen LogP contribution >= 0.6 is 0 Å². The van der Waals surface area contributed by atoms with Gasteiger partial charge in [-0.2, -0.15) is 10.2 Å². The topological polar surface area (TPSA) is 166 Å². The average molecular weight is 308 g/mol. The highest BCUT2D eigenvalue weighted by Crippen LogP contribution is 2.00. The van der Waals surface area contributed by atoms with Crippen molar-refractivity contribution in [3.05, 3.63) is 34.9 Å². The first kappa shape index (κ1) is 16.8. The lowest BCUT2D eigenvalue weighted by Gasteiger charge is -1.80. The fraction of sp³-hybridized carbons (Fsp3) is 0.167. The van der Waals surface area contributed by atoms with Crippen LogP contribution in [0.1, 0.15) is 55.8 Å². The van der Waals surface area contributed by atoms with Gasteiger partial charge in [-0.15, -0.1) is 0 Å². The molecule has 0 saturated carbocycles. The van der Waals surface area contributed by atoms with Crippen LogP contribution < -0.4 is 0 Å². The minimum absolute atomic E-state index is 0.0739. The molecule has 10 heteroatoms. The normalized spacial score (nSPS) is 9.55. The maximum absolute atomic E-state index is 10.6. The van der Waals surface area contributed by atoms with Gasteiger partial charge >= 0.3 is 11.9 Å². The maximum atomic E-state index is 10.6. The average Bonchev–Trinajstić information content (AvgIpc) is 3.09. The number of nitrogens with one attached hydrogen (secondary N) is 2. The number of nitrogens with zero attached hydrogens (tertiary/aromatic N) is 2. The lowest BCUT2D eigenvalue weighted by molar-refractivity contribution is 0.0679. The third-order valence-electron chi connectivity index (χ3n) is 2.34. The van der Waals surface area contributed by atoms with Crippen molar-refractivity contribution in [1.29, 1.82) is 0 Å². The Kier molecular flexibility index (Phi) is 5.27. The molecule has 0 aromatic carbocycles. The number of carboxylic acid groups (broad SMARTS) is 2. The largest absolute Gasteiger partial charge is 0.477 e. The molecule has 0 aliphatic heterocycles. The number of rotatable bonds is 4. The van der Waals surface area contributed by atoms with Crippen molar-refractivity contribution < 1.29 is 29.4 Å². The zero-order chi connectivity index (χ0) is 16.9. The summed E-state index contributed by atoms with van der Waals surface area (Å²) in [7, 11) is 0. The van der Waals surface area contributed by atoms with Gasteiger partial charge < -0.3 is 10.2 Å². The maximum Gasteiger partial charge on any atom is 0.353 e.